The molecule has 0 fully saturated rings. The van der Waals surface area contributed by atoms with Gasteiger partial charge in [-0.25, -0.2) is 4.79 Å². The van der Waals surface area contributed by atoms with Gasteiger partial charge in [0.05, 0.1) is 6.04 Å². The third-order valence-electron chi connectivity index (χ3n) is 6.84. The van der Waals surface area contributed by atoms with Crippen molar-refractivity contribution in [3.05, 3.63) is 65.9 Å². The number of benzene rings is 2. The molecule has 13 heteroatoms. The number of para-hydroxylation sites is 1. The molecule has 1 aromatic heterocycles. The standard InChI is InChI=1S/C29H38N6O6S/c30-12-4-3-6-21(31)26(37)33-23(13-17-8-10-19(36)11-9-17)27(38)34-24(28(39)35-25(16-42)29(40)41)14-18-15-32-22-7-2-1-5-20(18)22/h1-2,5,7-11,15,21,23-25,32,36,42H,3-4,6,12-14,16,30-31H2,(H,33,37)(H,34,38)(H,35,39)(H,40,41). The van der Waals surface area contributed by atoms with Gasteiger partial charge < -0.3 is 42.6 Å². The number of carbonyl (C=O) groups excluding carboxylic acids is 3. The molecule has 0 saturated carbocycles. The molecule has 4 unspecified atom stereocenters. The lowest BCUT2D eigenvalue weighted by Crippen LogP contribution is -2.58. The predicted octanol–water partition coefficient (Wildman–Crippen LogP) is 0.584. The molecule has 0 aliphatic rings. The molecule has 10 N–H and O–H groups in total. The lowest BCUT2D eigenvalue weighted by atomic mass is 10.0. The van der Waals surface area contributed by atoms with E-state index >= 15 is 0 Å². The number of fused-ring (bicyclic) bond motifs is 1. The number of hydrogen-bond donors (Lipinski definition) is 9. The Kier molecular flexibility index (Phi) is 12.2. The van der Waals surface area contributed by atoms with Gasteiger partial charge in [0.25, 0.3) is 0 Å². The van der Waals surface area contributed by atoms with E-state index < -0.39 is 47.9 Å². The molecule has 12 nitrogen and oxygen atoms in total. The second-order valence-electron chi connectivity index (χ2n) is 10.0. The lowest BCUT2D eigenvalue weighted by Gasteiger charge is -2.25. The normalized spacial score (nSPS) is 14.0. The number of hydrogen-bond acceptors (Lipinski definition) is 8. The maximum Gasteiger partial charge on any atom is 0.327 e. The van der Waals surface area contributed by atoms with E-state index in [-0.39, 0.29) is 24.3 Å². The van der Waals surface area contributed by atoms with Crippen LogP contribution in [0.15, 0.2) is 54.7 Å². The number of amides is 3. The predicted molar refractivity (Wildman–Crippen MR) is 162 cm³/mol. The first-order chi connectivity index (χ1) is 20.1. The molecule has 0 aliphatic carbocycles. The van der Waals surface area contributed by atoms with Crippen LogP contribution in [0, 0.1) is 0 Å². The summed E-state index contributed by atoms with van der Waals surface area (Å²) in [5.41, 5.74) is 13.8. The molecule has 1 heterocycles. The number of phenolic OH excluding ortho intramolecular Hbond substituents is 1. The molecular formula is C29H38N6O6S. The summed E-state index contributed by atoms with van der Waals surface area (Å²) >= 11 is 4.02. The number of aromatic amines is 1. The maximum absolute atomic E-state index is 13.7. The number of nitrogens with one attached hydrogen (secondary N) is 4. The van der Waals surface area contributed by atoms with E-state index in [0.29, 0.717) is 31.4 Å². The maximum atomic E-state index is 13.7. The minimum absolute atomic E-state index is 0.0401. The van der Waals surface area contributed by atoms with E-state index in [9.17, 15) is 29.4 Å². The minimum atomic E-state index is -1.28. The van der Waals surface area contributed by atoms with Crippen molar-refractivity contribution in [1.82, 2.24) is 20.9 Å². The molecule has 0 bridgehead atoms. The van der Waals surface area contributed by atoms with Gasteiger partial charge in [-0.3, -0.25) is 14.4 Å². The number of unbranched alkanes of at least 4 members (excludes halogenated alkanes) is 1. The van der Waals surface area contributed by atoms with E-state index in [1.54, 1.807) is 18.3 Å². The van der Waals surface area contributed by atoms with E-state index in [4.69, 9.17) is 11.5 Å². The van der Waals surface area contributed by atoms with Crippen LogP contribution in [0.4, 0.5) is 0 Å². The van der Waals surface area contributed by atoms with Gasteiger partial charge in [-0.15, -0.1) is 0 Å². The van der Waals surface area contributed by atoms with Crippen molar-refractivity contribution < 1.29 is 29.4 Å². The number of H-pyrrole nitrogens is 1. The Bertz CT molecular complexity index is 1360. The van der Waals surface area contributed by atoms with Gasteiger partial charge in [0.15, 0.2) is 0 Å². The Morgan fingerprint density at radius 3 is 2.12 bits per heavy atom. The fourth-order valence-corrected chi connectivity index (χ4v) is 4.70. The third kappa shape index (κ3) is 9.23. The van der Waals surface area contributed by atoms with E-state index in [1.165, 1.54) is 12.1 Å². The molecule has 3 rings (SSSR count). The van der Waals surface area contributed by atoms with Gasteiger partial charge in [-0.1, -0.05) is 36.8 Å². The number of aromatic nitrogens is 1. The van der Waals surface area contributed by atoms with Crippen LogP contribution in [0.1, 0.15) is 30.4 Å². The zero-order valence-electron chi connectivity index (χ0n) is 23.1. The van der Waals surface area contributed by atoms with E-state index in [0.717, 1.165) is 16.5 Å². The highest BCUT2D eigenvalue weighted by molar-refractivity contribution is 7.80. The first-order valence-corrected chi connectivity index (χ1v) is 14.3. The number of thiol groups is 1. The van der Waals surface area contributed by atoms with Gasteiger partial charge >= 0.3 is 5.97 Å². The van der Waals surface area contributed by atoms with E-state index in [1.807, 2.05) is 24.3 Å². The molecule has 4 atom stereocenters. The highest BCUT2D eigenvalue weighted by Gasteiger charge is 2.31. The minimum Gasteiger partial charge on any atom is -0.508 e. The topological polar surface area (TPSA) is 213 Å². The van der Waals surface area contributed by atoms with Crippen molar-refractivity contribution in [2.75, 3.05) is 12.3 Å². The Morgan fingerprint density at radius 1 is 0.857 bits per heavy atom. The summed E-state index contributed by atoms with van der Waals surface area (Å²) < 4.78 is 0. The Balaban J connectivity index is 1.87. The summed E-state index contributed by atoms with van der Waals surface area (Å²) in [6.45, 7) is 0.468. The van der Waals surface area contributed by atoms with Gasteiger partial charge in [-0.05, 0) is 48.7 Å². The summed E-state index contributed by atoms with van der Waals surface area (Å²) in [4.78, 5) is 54.6. The second kappa shape index (κ2) is 15.8. The first-order valence-electron chi connectivity index (χ1n) is 13.7. The van der Waals surface area contributed by atoms with Crippen molar-refractivity contribution in [2.45, 2.75) is 56.3 Å². The quantitative estimate of drug-likeness (QED) is 0.0838. The summed E-state index contributed by atoms with van der Waals surface area (Å²) in [6, 6.07) is 9.13. The van der Waals surface area contributed by atoms with Crippen LogP contribution in [-0.2, 0) is 32.0 Å². The number of carboxylic acid groups (broad SMARTS) is 1. The van der Waals surface area contributed by atoms with Gasteiger partial charge in [0.2, 0.25) is 17.7 Å². The Hall–Kier alpha value is -4.07. The largest absolute Gasteiger partial charge is 0.508 e. The van der Waals surface area contributed by atoms with Crippen molar-refractivity contribution in [1.29, 1.82) is 0 Å². The zero-order chi connectivity index (χ0) is 30.6. The molecule has 42 heavy (non-hydrogen) atoms. The number of phenols is 1. The average Bonchev–Trinajstić information content (AvgIpc) is 3.38. The molecule has 0 aliphatic heterocycles. The molecule has 0 spiro atoms. The summed E-state index contributed by atoms with van der Waals surface area (Å²) in [6.07, 6.45) is 3.53. The molecule has 3 aromatic rings. The summed E-state index contributed by atoms with van der Waals surface area (Å²) in [5, 5.41) is 27.8. The number of carboxylic acids is 1. The molecule has 2 aromatic carbocycles. The molecule has 226 valence electrons. The average molecular weight is 599 g/mol. The number of aromatic hydroxyl groups is 1. The van der Waals surface area contributed by atoms with Gasteiger partial charge in [0, 0.05) is 35.7 Å². The van der Waals surface area contributed by atoms with Crippen molar-refractivity contribution in [3.63, 3.8) is 0 Å². The van der Waals surface area contributed by atoms with Crippen molar-refractivity contribution in [2.24, 2.45) is 11.5 Å². The summed E-state index contributed by atoms with van der Waals surface area (Å²) in [7, 11) is 0. The Labute approximate surface area is 249 Å². The molecule has 3 amide bonds. The van der Waals surface area contributed by atoms with Gasteiger partial charge in [0.1, 0.15) is 23.9 Å². The highest BCUT2D eigenvalue weighted by Crippen LogP contribution is 2.20. The number of rotatable bonds is 16. The first kappa shape index (κ1) is 32.4. The van der Waals surface area contributed by atoms with Crippen LogP contribution in [0.25, 0.3) is 10.9 Å². The van der Waals surface area contributed by atoms with Crippen LogP contribution in [0.5, 0.6) is 5.75 Å². The van der Waals surface area contributed by atoms with Crippen LogP contribution in [-0.4, -0.2) is 75.4 Å². The van der Waals surface area contributed by atoms with Gasteiger partial charge in [-0.2, -0.15) is 12.6 Å². The SMILES string of the molecule is NCCCCC(N)C(=O)NC(Cc1ccc(O)cc1)C(=O)NC(Cc1c[nH]c2ccccc12)C(=O)NC(CS)C(=O)O. The van der Waals surface area contributed by atoms with Crippen LogP contribution >= 0.6 is 12.6 Å². The van der Waals surface area contributed by atoms with Crippen LogP contribution in [0.3, 0.4) is 0 Å². The number of nitrogens with two attached hydrogens (primary N) is 2. The fraction of sp³-hybridized carbons (Fsp3) is 0.379. The summed E-state index contributed by atoms with van der Waals surface area (Å²) in [5.74, 6) is -3.30. The number of carbonyl (C=O) groups is 4. The Morgan fingerprint density at radius 2 is 1.48 bits per heavy atom. The van der Waals surface area contributed by atoms with E-state index in [2.05, 4.69) is 33.6 Å². The lowest BCUT2D eigenvalue weighted by molar-refractivity contribution is -0.141. The zero-order valence-corrected chi connectivity index (χ0v) is 24.0. The molecule has 0 radical (unpaired) electrons. The fourth-order valence-electron chi connectivity index (χ4n) is 4.46. The molecule has 0 saturated heterocycles. The smallest absolute Gasteiger partial charge is 0.327 e. The van der Waals surface area contributed by atoms with Crippen molar-refractivity contribution in [3.8, 4) is 5.75 Å². The third-order valence-corrected chi connectivity index (χ3v) is 7.21. The van der Waals surface area contributed by atoms with Crippen LogP contribution in [0.2, 0.25) is 0 Å². The van der Waals surface area contributed by atoms with Crippen LogP contribution < -0.4 is 27.4 Å². The van der Waals surface area contributed by atoms with Crippen molar-refractivity contribution >= 4 is 47.2 Å². The monoisotopic (exact) mass is 598 g/mol. The number of aliphatic carboxylic acids is 1. The highest BCUT2D eigenvalue weighted by atomic mass is 32.1. The second-order valence-corrected chi connectivity index (χ2v) is 10.4. The molecular weight excluding hydrogens is 560 g/mol.